The van der Waals surface area contributed by atoms with Crippen LogP contribution in [0, 0.1) is 0 Å². The largest absolute Gasteiger partial charge is 0.395 e. The molecule has 0 saturated carbocycles. The molecule has 4 nitrogen and oxygen atoms in total. The van der Waals surface area contributed by atoms with Crippen LogP contribution in [0.25, 0.3) is 0 Å². The molecule has 4 rings (SSSR count). The van der Waals surface area contributed by atoms with Crippen molar-refractivity contribution in [3.05, 3.63) is 28.8 Å². The van der Waals surface area contributed by atoms with Crippen molar-refractivity contribution in [2.75, 3.05) is 31.3 Å². The Morgan fingerprint density at radius 1 is 1.21 bits per heavy atom. The molecule has 4 heteroatoms. The predicted octanol–water partition coefficient (Wildman–Crippen LogP) is 0.782. The van der Waals surface area contributed by atoms with Gasteiger partial charge >= 0.3 is 0 Å². The lowest BCUT2D eigenvalue weighted by Crippen LogP contribution is -2.49. The fourth-order valence-electron chi connectivity index (χ4n) is 3.46. The molecule has 3 aliphatic rings. The highest BCUT2D eigenvalue weighted by molar-refractivity contribution is 5.98. The number of aliphatic hydroxyl groups is 1. The van der Waals surface area contributed by atoms with E-state index in [1.54, 1.807) is 0 Å². The molecule has 0 radical (unpaired) electrons. The number of anilines is 1. The number of carbonyl (C=O) groups excluding carboxylic acids is 1. The number of amides is 1. The maximum absolute atomic E-state index is 11.9. The number of hydrogen-bond acceptors (Lipinski definition) is 3. The van der Waals surface area contributed by atoms with Crippen LogP contribution in [-0.4, -0.2) is 37.4 Å². The quantitative estimate of drug-likeness (QED) is 0.854. The fourth-order valence-corrected chi connectivity index (χ4v) is 3.46. The summed E-state index contributed by atoms with van der Waals surface area (Å²) in [6.45, 7) is 2.15. The summed E-state index contributed by atoms with van der Waals surface area (Å²) < 4.78 is 5.30. The van der Waals surface area contributed by atoms with Gasteiger partial charge in [-0.15, -0.1) is 0 Å². The lowest BCUT2D eigenvalue weighted by molar-refractivity contribution is -0.118. The number of nitrogens with zero attached hydrogens (tertiary/aromatic N) is 1. The summed E-state index contributed by atoms with van der Waals surface area (Å²) >= 11 is 0. The van der Waals surface area contributed by atoms with Crippen LogP contribution in [0.2, 0.25) is 0 Å². The number of ether oxygens (including phenoxy) is 1. The van der Waals surface area contributed by atoms with Crippen LogP contribution < -0.4 is 4.90 Å². The Labute approximate surface area is 112 Å². The van der Waals surface area contributed by atoms with Crippen LogP contribution >= 0.6 is 0 Å². The summed E-state index contributed by atoms with van der Waals surface area (Å²) in [5.41, 5.74) is 4.66. The highest BCUT2D eigenvalue weighted by Crippen LogP contribution is 2.41. The molecule has 0 aromatic heterocycles. The van der Waals surface area contributed by atoms with E-state index < -0.39 is 0 Å². The second-order valence-corrected chi connectivity index (χ2v) is 5.87. The smallest absolute Gasteiger partial charge is 0.227 e. The average Bonchev–Trinajstić information content (AvgIpc) is 2.79. The minimum atomic E-state index is -0.208. The SMILES string of the molecule is O=C1CCc2cc(C3(CO)COC3)cc3c2N1CC3. The standard InChI is InChI=1S/C15H17NO3/c17-7-15(8-19-9-15)12-5-10-1-2-13(18)16-4-3-11(6-12)14(10)16/h5-6,17H,1-4,7-9H2. The number of aryl methyl sites for hydroxylation is 1. The van der Waals surface area contributed by atoms with Crippen molar-refractivity contribution < 1.29 is 14.6 Å². The lowest BCUT2D eigenvalue weighted by Gasteiger charge is -2.41. The maximum Gasteiger partial charge on any atom is 0.227 e. The summed E-state index contributed by atoms with van der Waals surface area (Å²) in [5.74, 6) is 0.253. The van der Waals surface area contributed by atoms with Crippen LogP contribution in [0.5, 0.6) is 0 Å². The van der Waals surface area contributed by atoms with Gasteiger partial charge in [0.1, 0.15) is 0 Å². The Bertz CT molecular complexity index is 557. The number of benzene rings is 1. The third-order valence-corrected chi connectivity index (χ3v) is 4.72. The second-order valence-electron chi connectivity index (χ2n) is 5.87. The maximum atomic E-state index is 11.9. The monoisotopic (exact) mass is 259 g/mol. The van der Waals surface area contributed by atoms with Gasteiger partial charge in [0.25, 0.3) is 0 Å². The molecule has 1 N–H and O–H groups in total. The van der Waals surface area contributed by atoms with Crippen LogP contribution in [0.1, 0.15) is 23.1 Å². The fraction of sp³-hybridized carbons (Fsp3) is 0.533. The topological polar surface area (TPSA) is 49.8 Å². The minimum Gasteiger partial charge on any atom is -0.395 e. The third kappa shape index (κ3) is 1.44. The molecule has 3 heterocycles. The molecule has 0 spiro atoms. The zero-order chi connectivity index (χ0) is 13.0. The summed E-state index contributed by atoms with van der Waals surface area (Å²) in [6.07, 6.45) is 2.37. The molecule has 3 aliphatic heterocycles. The first kappa shape index (κ1) is 11.4. The first-order valence-corrected chi connectivity index (χ1v) is 6.89. The van der Waals surface area contributed by atoms with Gasteiger partial charge in [0.15, 0.2) is 0 Å². The Morgan fingerprint density at radius 3 is 2.58 bits per heavy atom. The zero-order valence-corrected chi connectivity index (χ0v) is 10.8. The number of rotatable bonds is 2. The van der Waals surface area contributed by atoms with Crippen molar-refractivity contribution in [3.8, 4) is 0 Å². The third-order valence-electron chi connectivity index (χ3n) is 4.72. The van der Waals surface area contributed by atoms with E-state index in [2.05, 4.69) is 12.1 Å². The van der Waals surface area contributed by atoms with Gasteiger partial charge in [0.2, 0.25) is 5.91 Å². The minimum absolute atomic E-state index is 0.133. The van der Waals surface area contributed by atoms with Gasteiger partial charge in [0.05, 0.1) is 30.9 Å². The molecule has 1 saturated heterocycles. The summed E-state index contributed by atoms with van der Waals surface area (Å²) in [4.78, 5) is 13.8. The van der Waals surface area contributed by atoms with Gasteiger partial charge in [-0.05, 0) is 29.5 Å². The van der Waals surface area contributed by atoms with Crippen molar-refractivity contribution in [1.29, 1.82) is 0 Å². The molecule has 0 unspecified atom stereocenters. The van der Waals surface area contributed by atoms with E-state index in [-0.39, 0.29) is 17.9 Å². The van der Waals surface area contributed by atoms with Gasteiger partial charge in [-0.2, -0.15) is 0 Å². The Balaban J connectivity index is 1.84. The van der Waals surface area contributed by atoms with Gasteiger partial charge in [-0.3, -0.25) is 4.79 Å². The summed E-state index contributed by atoms with van der Waals surface area (Å²) in [5, 5.41) is 9.67. The first-order chi connectivity index (χ1) is 9.23. The molecule has 0 bridgehead atoms. The Morgan fingerprint density at radius 2 is 1.95 bits per heavy atom. The molecule has 100 valence electrons. The molecule has 1 amide bonds. The summed E-state index contributed by atoms with van der Waals surface area (Å²) in [7, 11) is 0. The molecule has 1 aromatic carbocycles. The van der Waals surface area contributed by atoms with E-state index in [1.165, 1.54) is 16.7 Å². The van der Waals surface area contributed by atoms with Crippen molar-refractivity contribution in [3.63, 3.8) is 0 Å². The molecular formula is C15H17NO3. The first-order valence-electron chi connectivity index (χ1n) is 6.89. The molecular weight excluding hydrogens is 242 g/mol. The molecule has 0 atom stereocenters. The highest BCUT2D eigenvalue weighted by atomic mass is 16.5. The molecule has 19 heavy (non-hydrogen) atoms. The van der Waals surface area contributed by atoms with E-state index in [4.69, 9.17) is 4.74 Å². The number of carbonyl (C=O) groups is 1. The van der Waals surface area contributed by atoms with Crippen LogP contribution in [0.15, 0.2) is 12.1 Å². The molecule has 0 aliphatic carbocycles. The lowest BCUT2D eigenvalue weighted by atomic mass is 9.77. The van der Waals surface area contributed by atoms with E-state index in [0.717, 1.165) is 25.1 Å². The average molecular weight is 259 g/mol. The van der Waals surface area contributed by atoms with E-state index in [1.807, 2.05) is 4.90 Å². The van der Waals surface area contributed by atoms with Crippen molar-refractivity contribution in [2.45, 2.75) is 24.7 Å². The Kier molecular flexibility index (Phi) is 2.29. The summed E-state index contributed by atoms with van der Waals surface area (Å²) in [6, 6.07) is 4.36. The van der Waals surface area contributed by atoms with Gasteiger partial charge in [-0.1, -0.05) is 12.1 Å². The molecule has 1 fully saturated rings. The zero-order valence-electron chi connectivity index (χ0n) is 10.8. The van der Waals surface area contributed by atoms with E-state index in [9.17, 15) is 9.90 Å². The number of hydrogen-bond donors (Lipinski definition) is 1. The second kappa shape index (κ2) is 3.81. The Hall–Kier alpha value is -1.39. The van der Waals surface area contributed by atoms with Crippen LogP contribution in [0.3, 0.4) is 0 Å². The highest BCUT2D eigenvalue weighted by Gasteiger charge is 2.42. The van der Waals surface area contributed by atoms with Gasteiger partial charge in [-0.25, -0.2) is 0 Å². The predicted molar refractivity (Wildman–Crippen MR) is 70.4 cm³/mol. The normalized spacial score (nSPS) is 23.2. The van der Waals surface area contributed by atoms with Crippen LogP contribution in [-0.2, 0) is 27.8 Å². The van der Waals surface area contributed by atoms with Gasteiger partial charge < -0.3 is 14.7 Å². The number of aliphatic hydroxyl groups excluding tert-OH is 1. The van der Waals surface area contributed by atoms with Crippen LogP contribution in [0.4, 0.5) is 5.69 Å². The van der Waals surface area contributed by atoms with Crippen molar-refractivity contribution >= 4 is 11.6 Å². The van der Waals surface area contributed by atoms with Crippen molar-refractivity contribution in [1.82, 2.24) is 0 Å². The van der Waals surface area contributed by atoms with E-state index in [0.29, 0.717) is 19.6 Å². The van der Waals surface area contributed by atoms with Crippen molar-refractivity contribution in [2.24, 2.45) is 0 Å². The van der Waals surface area contributed by atoms with E-state index >= 15 is 0 Å². The molecule has 1 aromatic rings. The van der Waals surface area contributed by atoms with Gasteiger partial charge in [0, 0.05) is 13.0 Å².